The second-order valence-corrected chi connectivity index (χ2v) is 4.87. The van der Waals surface area contributed by atoms with Crippen LogP contribution >= 0.6 is 0 Å². The Morgan fingerprint density at radius 3 is 2.50 bits per heavy atom. The molecule has 4 nitrogen and oxygen atoms in total. The van der Waals surface area contributed by atoms with Crippen molar-refractivity contribution in [2.24, 2.45) is 0 Å². The van der Waals surface area contributed by atoms with E-state index in [0.29, 0.717) is 6.61 Å². The molecule has 0 atom stereocenters. The van der Waals surface area contributed by atoms with E-state index in [-0.39, 0.29) is 23.5 Å². The summed E-state index contributed by atoms with van der Waals surface area (Å²) in [6, 6.07) is 3.60. The summed E-state index contributed by atoms with van der Waals surface area (Å²) in [6.07, 6.45) is 0. The number of hydrogen-bond donors (Lipinski definition) is 1. The Balaban J connectivity index is 2.46. The summed E-state index contributed by atoms with van der Waals surface area (Å²) in [5.41, 5.74) is 5.44. The van der Waals surface area contributed by atoms with E-state index >= 15 is 0 Å². The highest BCUT2D eigenvalue weighted by Crippen LogP contribution is 2.12. The molecular weight excluding hydrogens is 237 g/mol. The number of nitrogen functional groups attached to an aromatic ring is 1. The number of benzene rings is 1. The van der Waals surface area contributed by atoms with E-state index in [9.17, 15) is 9.18 Å². The molecule has 1 aromatic rings. The second-order valence-electron chi connectivity index (χ2n) is 4.87. The molecular formula is C13H18FNO3. The third-order valence-corrected chi connectivity index (χ3v) is 2.01. The number of esters is 1. The van der Waals surface area contributed by atoms with Crippen molar-refractivity contribution >= 4 is 11.7 Å². The largest absolute Gasteiger partial charge is 0.460 e. The first-order valence-electron chi connectivity index (χ1n) is 5.65. The lowest BCUT2D eigenvalue weighted by atomic mass is 10.2. The molecule has 0 aliphatic rings. The Morgan fingerprint density at radius 2 is 1.94 bits per heavy atom. The van der Waals surface area contributed by atoms with E-state index in [0.717, 1.165) is 12.1 Å². The van der Waals surface area contributed by atoms with Crippen LogP contribution in [0.15, 0.2) is 18.2 Å². The molecule has 5 heteroatoms. The number of carbonyl (C=O) groups excluding carboxylic acids is 1. The van der Waals surface area contributed by atoms with Crippen molar-refractivity contribution in [3.8, 4) is 0 Å². The molecule has 0 heterocycles. The molecule has 0 bridgehead atoms. The molecule has 100 valence electrons. The highest BCUT2D eigenvalue weighted by atomic mass is 19.1. The molecule has 0 aromatic heterocycles. The van der Waals surface area contributed by atoms with Crippen molar-refractivity contribution in [3.63, 3.8) is 0 Å². The molecule has 18 heavy (non-hydrogen) atoms. The number of nitrogens with two attached hydrogens (primary N) is 1. The van der Waals surface area contributed by atoms with E-state index in [2.05, 4.69) is 0 Å². The van der Waals surface area contributed by atoms with E-state index in [1.54, 1.807) is 0 Å². The van der Waals surface area contributed by atoms with Crippen LogP contribution < -0.4 is 5.73 Å². The summed E-state index contributed by atoms with van der Waals surface area (Å²) in [7, 11) is 0. The predicted octanol–water partition coefficient (Wildman–Crippen LogP) is 2.38. The van der Waals surface area contributed by atoms with Gasteiger partial charge in [0.2, 0.25) is 0 Å². The third-order valence-electron chi connectivity index (χ3n) is 2.01. The first-order valence-corrected chi connectivity index (χ1v) is 5.65. The quantitative estimate of drug-likeness (QED) is 0.510. The number of halogens is 1. The van der Waals surface area contributed by atoms with Crippen LogP contribution in [0.4, 0.5) is 10.1 Å². The summed E-state index contributed by atoms with van der Waals surface area (Å²) >= 11 is 0. The summed E-state index contributed by atoms with van der Waals surface area (Å²) in [5, 5.41) is 0. The Hall–Kier alpha value is -1.62. The Kier molecular flexibility index (Phi) is 4.67. The smallest absolute Gasteiger partial charge is 0.338 e. The molecule has 0 saturated heterocycles. The minimum atomic E-state index is -0.612. The summed E-state index contributed by atoms with van der Waals surface area (Å²) in [6.45, 7) is 6.12. The van der Waals surface area contributed by atoms with Crippen molar-refractivity contribution in [1.29, 1.82) is 0 Å². The van der Waals surface area contributed by atoms with Crippen LogP contribution in [0.2, 0.25) is 0 Å². The minimum Gasteiger partial charge on any atom is -0.460 e. The number of carbonyl (C=O) groups is 1. The van der Waals surface area contributed by atoms with Gasteiger partial charge >= 0.3 is 5.97 Å². The average molecular weight is 255 g/mol. The molecule has 0 aliphatic heterocycles. The van der Waals surface area contributed by atoms with Gasteiger partial charge in [0.15, 0.2) is 0 Å². The molecule has 0 saturated carbocycles. The molecule has 0 spiro atoms. The number of rotatable bonds is 4. The zero-order valence-electron chi connectivity index (χ0n) is 10.8. The van der Waals surface area contributed by atoms with Crippen LogP contribution in [0.25, 0.3) is 0 Å². The lowest BCUT2D eigenvalue weighted by Gasteiger charge is -2.19. The second kappa shape index (κ2) is 5.82. The lowest BCUT2D eigenvalue weighted by molar-refractivity contribution is -0.0281. The molecule has 0 aliphatic carbocycles. The van der Waals surface area contributed by atoms with Gasteiger partial charge in [0.1, 0.15) is 12.4 Å². The van der Waals surface area contributed by atoms with Gasteiger partial charge in [0, 0.05) is 5.69 Å². The maximum Gasteiger partial charge on any atom is 0.338 e. The fourth-order valence-electron chi connectivity index (χ4n) is 1.30. The Labute approximate surface area is 106 Å². The van der Waals surface area contributed by atoms with Crippen LogP contribution in [0.1, 0.15) is 31.1 Å². The van der Waals surface area contributed by atoms with Gasteiger partial charge in [-0.05, 0) is 39.0 Å². The molecule has 0 unspecified atom stereocenters. The monoisotopic (exact) mass is 255 g/mol. The summed E-state index contributed by atoms with van der Waals surface area (Å²) in [4.78, 5) is 11.6. The van der Waals surface area contributed by atoms with E-state index in [1.807, 2.05) is 20.8 Å². The van der Waals surface area contributed by atoms with Gasteiger partial charge in [-0.25, -0.2) is 9.18 Å². The van der Waals surface area contributed by atoms with Crippen molar-refractivity contribution in [2.45, 2.75) is 26.4 Å². The molecule has 1 aromatic carbocycles. The zero-order chi connectivity index (χ0) is 13.8. The zero-order valence-corrected chi connectivity index (χ0v) is 10.8. The van der Waals surface area contributed by atoms with Gasteiger partial charge in [-0.15, -0.1) is 0 Å². The number of ether oxygens (including phenoxy) is 2. The topological polar surface area (TPSA) is 61.5 Å². The molecule has 0 fully saturated rings. The number of anilines is 1. The van der Waals surface area contributed by atoms with E-state index in [4.69, 9.17) is 15.2 Å². The van der Waals surface area contributed by atoms with Gasteiger partial charge < -0.3 is 15.2 Å². The first-order chi connectivity index (χ1) is 8.28. The molecule has 2 N–H and O–H groups in total. The van der Waals surface area contributed by atoms with Crippen LogP contribution in [-0.4, -0.2) is 24.8 Å². The maximum atomic E-state index is 13.0. The third kappa shape index (κ3) is 5.14. The van der Waals surface area contributed by atoms with Crippen LogP contribution in [0, 0.1) is 5.82 Å². The van der Waals surface area contributed by atoms with Crippen LogP contribution in [0.5, 0.6) is 0 Å². The fourth-order valence-corrected chi connectivity index (χ4v) is 1.30. The first kappa shape index (κ1) is 14.4. The Bertz CT molecular complexity index is 406. The highest BCUT2D eigenvalue weighted by Gasteiger charge is 2.12. The Morgan fingerprint density at radius 1 is 1.28 bits per heavy atom. The SMILES string of the molecule is CC(C)(C)OCCOC(=O)c1cc(N)cc(F)c1. The van der Waals surface area contributed by atoms with Crippen molar-refractivity contribution in [3.05, 3.63) is 29.6 Å². The van der Waals surface area contributed by atoms with Gasteiger partial charge in [-0.1, -0.05) is 0 Å². The van der Waals surface area contributed by atoms with E-state index < -0.39 is 11.8 Å². The predicted molar refractivity (Wildman–Crippen MR) is 66.8 cm³/mol. The van der Waals surface area contributed by atoms with Gasteiger partial charge in [0.25, 0.3) is 0 Å². The standard InChI is InChI=1S/C13H18FNO3/c1-13(2,3)18-5-4-17-12(16)9-6-10(14)8-11(15)7-9/h6-8H,4-5,15H2,1-3H3. The van der Waals surface area contributed by atoms with Crippen molar-refractivity contribution in [1.82, 2.24) is 0 Å². The normalized spacial score (nSPS) is 11.3. The van der Waals surface area contributed by atoms with Gasteiger partial charge in [-0.3, -0.25) is 0 Å². The lowest BCUT2D eigenvalue weighted by Crippen LogP contribution is -2.22. The number of hydrogen-bond acceptors (Lipinski definition) is 4. The molecule has 0 amide bonds. The fraction of sp³-hybridized carbons (Fsp3) is 0.462. The van der Waals surface area contributed by atoms with Crippen molar-refractivity contribution in [2.75, 3.05) is 18.9 Å². The van der Waals surface area contributed by atoms with Gasteiger partial charge in [0.05, 0.1) is 17.8 Å². The average Bonchev–Trinajstić information content (AvgIpc) is 2.21. The van der Waals surface area contributed by atoms with Gasteiger partial charge in [-0.2, -0.15) is 0 Å². The summed E-state index contributed by atoms with van der Waals surface area (Å²) in [5.74, 6) is -1.17. The van der Waals surface area contributed by atoms with Crippen LogP contribution in [-0.2, 0) is 9.47 Å². The summed E-state index contributed by atoms with van der Waals surface area (Å²) < 4.78 is 23.4. The maximum absolute atomic E-state index is 13.0. The highest BCUT2D eigenvalue weighted by molar-refractivity contribution is 5.90. The molecule has 1 rings (SSSR count). The minimum absolute atomic E-state index is 0.100. The van der Waals surface area contributed by atoms with E-state index in [1.165, 1.54) is 6.07 Å². The molecule has 0 radical (unpaired) electrons. The van der Waals surface area contributed by atoms with Crippen LogP contribution in [0.3, 0.4) is 0 Å². The van der Waals surface area contributed by atoms with Crippen molar-refractivity contribution < 1.29 is 18.7 Å².